The van der Waals surface area contributed by atoms with Crippen molar-refractivity contribution in [1.82, 2.24) is 71.1 Å². The average Bonchev–Trinajstić information content (AvgIpc) is 0.730. The van der Waals surface area contributed by atoms with Gasteiger partial charge in [-0.25, -0.2) is 28.8 Å². The van der Waals surface area contributed by atoms with E-state index in [1.807, 2.05) is 9.80 Å². The highest BCUT2D eigenvalue weighted by Gasteiger charge is 2.31. The number of rotatable bonds is 48. The molecule has 1 aliphatic carbocycles. The van der Waals surface area contributed by atoms with Gasteiger partial charge >= 0.3 is 83.7 Å². The van der Waals surface area contributed by atoms with Crippen LogP contribution in [0.5, 0.6) is 0 Å². The van der Waals surface area contributed by atoms with Gasteiger partial charge < -0.3 is 93.2 Å². The molecule has 0 radical (unpaired) electrons. The van der Waals surface area contributed by atoms with Gasteiger partial charge in [0.25, 0.3) is 5.91 Å². The number of nitrogens with one attached hydrogen (secondary N) is 6. The zero-order chi connectivity index (χ0) is 87.8. The third-order valence-electron chi connectivity index (χ3n) is 19.9. The Morgan fingerprint density at radius 1 is 0.314 bits per heavy atom. The Morgan fingerprint density at radius 2 is 0.593 bits per heavy atom. The Kier molecular flexibility index (Phi) is 48.1. The molecular weight excluding hydrogens is 1560 g/mol. The van der Waals surface area contributed by atoms with Crippen LogP contribution < -0.4 is 31.9 Å². The molecule has 662 valence electrons. The summed E-state index contributed by atoms with van der Waals surface area (Å²) in [6, 6.07) is -1.24. The number of nitrogens with zero attached hydrogens (tertiary/aromatic N) is 8. The van der Waals surface area contributed by atoms with Crippen LogP contribution in [0.3, 0.4) is 0 Å². The maximum Gasteiger partial charge on any atom is 0.326 e. The van der Waals surface area contributed by atoms with E-state index in [9.17, 15) is 137 Å². The van der Waals surface area contributed by atoms with Gasteiger partial charge in [0, 0.05) is 155 Å². The van der Waals surface area contributed by atoms with E-state index in [0.29, 0.717) is 96.2 Å². The molecule has 3 aliphatic rings. The van der Waals surface area contributed by atoms with Gasteiger partial charge in [0.05, 0.1) is 52.4 Å². The minimum absolute atomic E-state index is 0.000300. The van der Waals surface area contributed by atoms with Crippen molar-refractivity contribution in [2.45, 2.75) is 140 Å². The molecule has 2 saturated heterocycles. The van der Waals surface area contributed by atoms with Crippen LogP contribution in [0.1, 0.15) is 125 Å². The fourth-order valence-electron chi connectivity index (χ4n) is 13.3. The number of amides is 6. The summed E-state index contributed by atoms with van der Waals surface area (Å²) in [5, 5.41) is 125. The molecule has 4 rings (SSSR count). The quantitative estimate of drug-likeness (QED) is 0.0303. The van der Waals surface area contributed by atoms with Gasteiger partial charge in [0.1, 0.15) is 35.7 Å². The van der Waals surface area contributed by atoms with E-state index in [2.05, 4.69) is 31.9 Å². The topological polar surface area (TPSA) is 648 Å². The Morgan fingerprint density at radius 3 is 0.881 bits per heavy atom. The number of urea groups is 2. The molecule has 44 heteroatoms. The molecule has 1 aromatic carbocycles. The number of hydrogen-bond acceptors (Lipinski definition) is 26. The fourth-order valence-corrected chi connectivity index (χ4v) is 13.3. The third kappa shape index (κ3) is 46.3. The highest BCUT2D eigenvalue weighted by Crippen LogP contribution is 2.32. The molecule has 2 heterocycles. The van der Waals surface area contributed by atoms with Crippen LogP contribution in [0.15, 0.2) is 24.3 Å². The first kappa shape index (κ1) is 102. The van der Waals surface area contributed by atoms with E-state index >= 15 is 0 Å². The van der Waals surface area contributed by atoms with Crippen LogP contribution in [0.4, 0.5) is 9.59 Å². The van der Waals surface area contributed by atoms with Crippen LogP contribution >= 0.6 is 0 Å². The van der Waals surface area contributed by atoms with Crippen LogP contribution in [-0.4, -0.2) is 402 Å². The Bertz CT molecular complexity index is 3430. The Balaban J connectivity index is 0.000000610. The van der Waals surface area contributed by atoms with Crippen molar-refractivity contribution >= 4 is 107 Å². The van der Waals surface area contributed by atoms with Crippen molar-refractivity contribution in [2.24, 2.45) is 11.8 Å². The summed E-state index contributed by atoms with van der Waals surface area (Å²) in [4.78, 5) is 226. The largest absolute Gasteiger partial charge is 0.481 e. The molecular formula is C74H116N14O30. The highest BCUT2D eigenvalue weighted by atomic mass is 16.4. The molecule has 44 nitrogen and oxygen atoms in total. The van der Waals surface area contributed by atoms with Gasteiger partial charge in [0.15, 0.2) is 0 Å². The second kappa shape index (κ2) is 55.9. The second-order valence-corrected chi connectivity index (χ2v) is 29.3. The fraction of sp³-hybridized carbons (Fsp3) is 0.676. The summed E-state index contributed by atoms with van der Waals surface area (Å²) >= 11 is 0. The van der Waals surface area contributed by atoms with Gasteiger partial charge in [-0.05, 0) is 114 Å². The third-order valence-corrected chi connectivity index (χ3v) is 19.9. The zero-order valence-corrected chi connectivity index (χ0v) is 66.2. The molecule has 4 atom stereocenters. The number of carboxylic acid groups (broad SMARTS) is 12. The summed E-state index contributed by atoms with van der Waals surface area (Å²) in [6.07, 6.45) is 3.87. The summed E-state index contributed by atoms with van der Waals surface area (Å²) in [6.45, 7) is 3.81. The number of carbonyl (C=O) groups is 18. The van der Waals surface area contributed by atoms with Gasteiger partial charge in [-0.1, -0.05) is 12.1 Å². The van der Waals surface area contributed by atoms with E-state index in [-0.39, 0.29) is 198 Å². The van der Waals surface area contributed by atoms with Crippen LogP contribution in [0.2, 0.25) is 0 Å². The van der Waals surface area contributed by atoms with Crippen molar-refractivity contribution in [3.8, 4) is 0 Å². The van der Waals surface area contributed by atoms with Crippen molar-refractivity contribution in [3.05, 3.63) is 35.4 Å². The number of unbranched alkanes of at least 4 members (excludes halogenated alkanes) is 2. The maximum atomic E-state index is 13.2. The molecule has 4 unspecified atom stereocenters. The van der Waals surface area contributed by atoms with Gasteiger partial charge in [-0.3, -0.25) is 96.7 Å². The maximum absolute atomic E-state index is 13.2. The van der Waals surface area contributed by atoms with Crippen molar-refractivity contribution in [1.29, 1.82) is 0 Å². The predicted octanol–water partition coefficient (Wildman–Crippen LogP) is -2.39. The van der Waals surface area contributed by atoms with E-state index in [0.717, 1.165) is 18.4 Å². The highest BCUT2D eigenvalue weighted by molar-refractivity contribution is 5.94. The first-order valence-corrected chi connectivity index (χ1v) is 39.1. The molecule has 2 aliphatic heterocycles. The van der Waals surface area contributed by atoms with Crippen LogP contribution in [-0.2, 0) is 78.3 Å². The molecule has 18 N–H and O–H groups in total. The van der Waals surface area contributed by atoms with Crippen molar-refractivity contribution in [3.63, 3.8) is 0 Å². The summed E-state index contributed by atoms with van der Waals surface area (Å²) in [5.74, 6) is -14.9. The van der Waals surface area contributed by atoms with Gasteiger partial charge in [0.2, 0.25) is 5.91 Å². The lowest BCUT2D eigenvalue weighted by atomic mass is 9.79. The number of carbonyl (C=O) groups excluding carboxylic acids is 6. The second-order valence-electron chi connectivity index (χ2n) is 29.3. The number of benzene rings is 1. The average molecular weight is 1680 g/mol. The van der Waals surface area contributed by atoms with E-state index < -0.39 is 127 Å². The van der Waals surface area contributed by atoms with E-state index in [1.165, 1.54) is 0 Å². The molecule has 0 bridgehead atoms. The number of ketones is 2. The smallest absolute Gasteiger partial charge is 0.326 e. The monoisotopic (exact) mass is 1680 g/mol. The van der Waals surface area contributed by atoms with Crippen molar-refractivity contribution < 1.29 is 148 Å². The Hall–Kier alpha value is -10.6. The summed E-state index contributed by atoms with van der Waals surface area (Å²) in [7, 11) is 0. The predicted molar refractivity (Wildman–Crippen MR) is 413 cm³/mol. The minimum atomic E-state index is -1.52. The van der Waals surface area contributed by atoms with Gasteiger partial charge in [-0.2, -0.15) is 0 Å². The first-order valence-electron chi connectivity index (χ1n) is 39.1. The number of carboxylic acids is 12. The molecule has 118 heavy (non-hydrogen) atoms. The number of Topliss-reactive ketones (excluding diaryl/α,β-unsaturated/α-hetero) is 2. The molecule has 6 amide bonds. The molecule has 1 aromatic rings. The standard InChI is InChI=1S/C37H61N7O15.C37H55N7O15/c2*45-27(21-41-13-15-42(22-31(48)49)17-19-44(24-33(52)53)20-18-43(16-14-41)23-32(50)51)9-6-25-4-7-26(8-5-25)34(54)38-12-2-1-3-28(35(55)56)39-37(59)40-29(36(57)58)10-11-30(46)47/h25-26,28-29H,1-24H2,(H,38,54)(H,46,47)(H,48,49)(H,50,51)(H,52,53)(H,55,56)(H,57,58)(H2,39,40,59);4-5,7-8,28-29H,1-3,6,9-24H2,(H,38,54)(H,46,47)(H,48,49)(H,50,51)(H,52,53)(H,55,56)(H,57,58)(H2,39,40,59). The number of aliphatic carboxylic acids is 12. The lowest BCUT2D eigenvalue weighted by Gasteiger charge is -2.33. The Labute approximate surface area is 680 Å². The van der Waals surface area contributed by atoms with Gasteiger partial charge in [-0.15, -0.1) is 0 Å². The molecule has 1 saturated carbocycles. The lowest BCUT2D eigenvalue weighted by molar-refractivity contribution is -0.142. The van der Waals surface area contributed by atoms with Crippen molar-refractivity contribution in [2.75, 3.05) is 170 Å². The lowest BCUT2D eigenvalue weighted by Crippen LogP contribution is -2.51. The SMILES string of the molecule is O=C(O)CCC(NC(=O)NC(CCCCNC(=O)C1CCC(CCC(=O)CN2CCN(CC(=O)O)CCN(CC(=O)O)CCN(CC(=O)O)CC2)CC1)C(=O)O)C(=O)O.O=C(O)CCC(NC(=O)NC(CCCCNC(=O)c1ccc(CCC(=O)CN2CCN(CC(=O)O)CCN(CC(=O)O)CCN(CC(=O)O)CC2)cc1)C(=O)O)C(=O)O. The van der Waals surface area contributed by atoms with E-state index in [4.69, 9.17) is 10.2 Å². The number of aryl methyl sites for hydroxylation is 1. The van der Waals surface area contributed by atoms with Crippen LogP contribution in [0.25, 0.3) is 0 Å². The minimum Gasteiger partial charge on any atom is -0.481 e. The molecule has 0 aromatic heterocycles. The zero-order valence-electron chi connectivity index (χ0n) is 66.2. The molecule has 3 fully saturated rings. The number of hydrogen-bond donors (Lipinski definition) is 18. The van der Waals surface area contributed by atoms with Crippen LogP contribution in [0, 0.1) is 11.8 Å². The normalized spacial score (nSPS) is 18.1. The summed E-state index contributed by atoms with van der Waals surface area (Å²) < 4.78 is 0. The summed E-state index contributed by atoms with van der Waals surface area (Å²) in [5.41, 5.74) is 1.14. The first-order chi connectivity index (χ1) is 55.8. The molecule has 0 spiro atoms. The van der Waals surface area contributed by atoms with E-state index in [1.54, 1.807) is 53.7 Å².